The molecular weight excluding hydrogens is 203 g/mol. The van der Waals surface area contributed by atoms with Crippen LogP contribution in [0.15, 0.2) is 24.3 Å². The van der Waals surface area contributed by atoms with Crippen molar-refractivity contribution in [3.63, 3.8) is 0 Å². The number of benzene rings is 1. The first-order valence-electron chi connectivity index (χ1n) is 5.91. The zero-order chi connectivity index (χ0) is 11.5. The summed E-state index contributed by atoms with van der Waals surface area (Å²) in [7, 11) is 0. The predicted octanol–water partition coefficient (Wildman–Crippen LogP) is 2.17. The van der Waals surface area contributed by atoms with Gasteiger partial charge in [0.1, 0.15) is 5.82 Å². The molecule has 0 aliphatic carbocycles. The third kappa shape index (κ3) is 2.25. The van der Waals surface area contributed by atoms with Gasteiger partial charge in [0.25, 0.3) is 0 Å². The molecule has 2 atom stereocenters. The summed E-state index contributed by atoms with van der Waals surface area (Å²) in [5, 5.41) is 0. The molecule has 2 unspecified atom stereocenters. The Morgan fingerprint density at radius 1 is 1.50 bits per heavy atom. The minimum Gasteiger partial charge on any atom is -0.330 e. The van der Waals surface area contributed by atoms with Crippen molar-refractivity contribution in [2.24, 2.45) is 11.7 Å². The topological polar surface area (TPSA) is 29.3 Å². The van der Waals surface area contributed by atoms with E-state index in [1.54, 1.807) is 6.07 Å². The number of likely N-dealkylation sites (tertiary alicyclic amines) is 1. The molecule has 1 fully saturated rings. The average Bonchev–Trinajstić information content (AvgIpc) is 2.77. The minimum absolute atomic E-state index is 0.105. The van der Waals surface area contributed by atoms with Crippen LogP contribution in [0.3, 0.4) is 0 Å². The van der Waals surface area contributed by atoms with Crippen LogP contribution < -0.4 is 5.73 Å². The molecule has 0 spiro atoms. The van der Waals surface area contributed by atoms with E-state index in [-0.39, 0.29) is 11.9 Å². The molecule has 0 radical (unpaired) electrons. The smallest absolute Gasteiger partial charge is 0.127 e. The van der Waals surface area contributed by atoms with Crippen LogP contribution in [0.4, 0.5) is 4.39 Å². The van der Waals surface area contributed by atoms with E-state index in [4.69, 9.17) is 5.73 Å². The first-order chi connectivity index (χ1) is 7.72. The minimum atomic E-state index is -0.105. The fraction of sp³-hybridized carbons (Fsp3) is 0.538. The van der Waals surface area contributed by atoms with Crippen LogP contribution in [0.1, 0.15) is 24.9 Å². The molecule has 3 heteroatoms. The Hall–Kier alpha value is -0.930. The number of hydrogen-bond donors (Lipinski definition) is 1. The van der Waals surface area contributed by atoms with Gasteiger partial charge in [0.2, 0.25) is 0 Å². The van der Waals surface area contributed by atoms with E-state index in [1.165, 1.54) is 6.07 Å². The maximum absolute atomic E-state index is 13.6. The zero-order valence-electron chi connectivity index (χ0n) is 9.70. The number of nitrogens with zero attached hydrogens (tertiary/aromatic N) is 1. The van der Waals surface area contributed by atoms with Gasteiger partial charge in [-0.25, -0.2) is 4.39 Å². The zero-order valence-corrected chi connectivity index (χ0v) is 9.70. The largest absolute Gasteiger partial charge is 0.330 e. The van der Waals surface area contributed by atoms with E-state index in [1.807, 2.05) is 12.1 Å². The molecular formula is C13H19FN2. The van der Waals surface area contributed by atoms with Crippen molar-refractivity contribution in [3.05, 3.63) is 35.6 Å². The Labute approximate surface area is 96.2 Å². The lowest BCUT2D eigenvalue weighted by atomic mass is 10.1. The molecule has 88 valence electrons. The lowest BCUT2D eigenvalue weighted by Crippen LogP contribution is -2.26. The number of hydrogen-bond acceptors (Lipinski definition) is 2. The third-order valence-electron chi connectivity index (χ3n) is 3.55. The van der Waals surface area contributed by atoms with E-state index in [9.17, 15) is 4.39 Å². The first kappa shape index (κ1) is 11.6. The van der Waals surface area contributed by atoms with Gasteiger partial charge in [0.15, 0.2) is 0 Å². The number of halogens is 1. The van der Waals surface area contributed by atoms with Crippen LogP contribution in [0.5, 0.6) is 0 Å². The van der Waals surface area contributed by atoms with Crippen LogP contribution in [-0.4, -0.2) is 24.5 Å². The van der Waals surface area contributed by atoms with Gasteiger partial charge in [0, 0.05) is 18.2 Å². The number of rotatable bonds is 3. The molecule has 2 N–H and O–H groups in total. The Bertz CT molecular complexity index is 354. The Balaban J connectivity index is 2.08. The van der Waals surface area contributed by atoms with Gasteiger partial charge in [-0.15, -0.1) is 0 Å². The Kier molecular flexibility index (Phi) is 3.56. The van der Waals surface area contributed by atoms with E-state index in [0.29, 0.717) is 5.92 Å². The van der Waals surface area contributed by atoms with Gasteiger partial charge in [0.05, 0.1) is 0 Å². The molecule has 0 saturated carbocycles. The summed E-state index contributed by atoms with van der Waals surface area (Å²) in [5.74, 6) is 0.473. The van der Waals surface area contributed by atoms with Gasteiger partial charge in [-0.3, -0.25) is 4.90 Å². The molecule has 1 aliphatic rings. The molecule has 0 amide bonds. The van der Waals surface area contributed by atoms with E-state index in [2.05, 4.69) is 11.8 Å². The monoisotopic (exact) mass is 222 g/mol. The van der Waals surface area contributed by atoms with Crippen LogP contribution in [-0.2, 0) is 0 Å². The fourth-order valence-electron chi connectivity index (χ4n) is 2.42. The quantitative estimate of drug-likeness (QED) is 0.849. The van der Waals surface area contributed by atoms with Crippen molar-refractivity contribution in [2.75, 3.05) is 19.6 Å². The van der Waals surface area contributed by atoms with Gasteiger partial charge in [-0.2, -0.15) is 0 Å². The first-order valence-corrected chi connectivity index (χ1v) is 5.91. The lowest BCUT2D eigenvalue weighted by Gasteiger charge is -2.25. The van der Waals surface area contributed by atoms with Crippen molar-refractivity contribution in [1.29, 1.82) is 0 Å². The van der Waals surface area contributed by atoms with Gasteiger partial charge >= 0.3 is 0 Å². The second kappa shape index (κ2) is 4.93. The van der Waals surface area contributed by atoms with Crippen molar-refractivity contribution >= 4 is 0 Å². The normalized spacial score (nSPS) is 23.6. The summed E-state index contributed by atoms with van der Waals surface area (Å²) in [6.07, 6.45) is 1.13. The second-order valence-corrected chi connectivity index (χ2v) is 4.58. The summed E-state index contributed by atoms with van der Waals surface area (Å²) in [5.41, 5.74) is 6.46. The van der Waals surface area contributed by atoms with Crippen LogP contribution >= 0.6 is 0 Å². The predicted molar refractivity (Wildman–Crippen MR) is 63.5 cm³/mol. The molecule has 1 aliphatic heterocycles. The molecule has 1 aromatic carbocycles. The molecule has 2 nitrogen and oxygen atoms in total. The molecule has 1 aromatic rings. The highest BCUT2D eigenvalue weighted by molar-refractivity contribution is 5.20. The van der Waals surface area contributed by atoms with Gasteiger partial charge in [-0.1, -0.05) is 18.2 Å². The highest BCUT2D eigenvalue weighted by atomic mass is 19.1. The average molecular weight is 222 g/mol. The summed E-state index contributed by atoms with van der Waals surface area (Å²) in [6, 6.07) is 7.18. The van der Waals surface area contributed by atoms with Gasteiger partial charge in [-0.05, 0) is 38.4 Å². The Morgan fingerprint density at radius 3 is 2.88 bits per heavy atom. The molecule has 16 heavy (non-hydrogen) atoms. The third-order valence-corrected chi connectivity index (χ3v) is 3.55. The maximum Gasteiger partial charge on any atom is 0.127 e. The molecule has 1 saturated heterocycles. The standard InChI is InChI=1S/C13H19FN2/c1-10(12-4-2-3-5-13(12)14)16-7-6-11(8-15)9-16/h2-5,10-11H,6-9,15H2,1H3. The summed E-state index contributed by atoms with van der Waals surface area (Å²) < 4.78 is 13.6. The highest BCUT2D eigenvalue weighted by Crippen LogP contribution is 2.28. The highest BCUT2D eigenvalue weighted by Gasteiger charge is 2.26. The summed E-state index contributed by atoms with van der Waals surface area (Å²) >= 11 is 0. The number of nitrogens with two attached hydrogens (primary N) is 1. The van der Waals surface area contributed by atoms with Crippen molar-refractivity contribution in [3.8, 4) is 0 Å². The Morgan fingerprint density at radius 2 is 2.25 bits per heavy atom. The molecule has 0 bridgehead atoms. The van der Waals surface area contributed by atoms with Crippen molar-refractivity contribution in [1.82, 2.24) is 4.90 Å². The van der Waals surface area contributed by atoms with E-state index < -0.39 is 0 Å². The van der Waals surface area contributed by atoms with Crippen LogP contribution in [0, 0.1) is 11.7 Å². The second-order valence-electron chi connectivity index (χ2n) is 4.58. The van der Waals surface area contributed by atoms with Crippen LogP contribution in [0.25, 0.3) is 0 Å². The van der Waals surface area contributed by atoms with Crippen molar-refractivity contribution in [2.45, 2.75) is 19.4 Å². The van der Waals surface area contributed by atoms with Crippen molar-refractivity contribution < 1.29 is 4.39 Å². The molecule has 0 aromatic heterocycles. The van der Waals surface area contributed by atoms with E-state index in [0.717, 1.165) is 31.6 Å². The molecule has 2 rings (SSSR count). The summed E-state index contributed by atoms with van der Waals surface area (Å²) in [6.45, 7) is 4.82. The van der Waals surface area contributed by atoms with Crippen LogP contribution in [0.2, 0.25) is 0 Å². The maximum atomic E-state index is 13.6. The lowest BCUT2D eigenvalue weighted by molar-refractivity contribution is 0.248. The van der Waals surface area contributed by atoms with Gasteiger partial charge < -0.3 is 5.73 Å². The van der Waals surface area contributed by atoms with E-state index >= 15 is 0 Å². The molecule has 1 heterocycles. The SMILES string of the molecule is CC(c1ccccc1F)N1CCC(CN)C1. The summed E-state index contributed by atoms with van der Waals surface area (Å²) in [4.78, 5) is 2.32. The fourth-order valence-corrected chi connectivity index (χ4v) is 2.42.